The third-order valence-electron chi connectivity index (χ3n) is 1.82. The molecule has 0 aromatic carbocycles. The summed E-state index contributed by atoms with van der Waals surface area (Å²) in [4.78, 5) is 11.6. The van der Waals surface area contributed by atoms with Gasteiger partial charge in [0.25, 0.3) is 5.91 Å². The summed E-state index contributed by atoms with van der Waals surface area (Å²) in [5.74, 6) is 0.297. The van der Waals surface area contributed by atoms with Gasteiger partial charge in [0.05, 0.1) is 11.9 Å². The minimum atomic E-state index is -0.306. The molecule has 2 aromatic heterocycles. The van der Waals surface area contributed by atoms with Gasteiger partial charge in [-0.3, -0.25) is 9.48 Å². The normalized spacial score (nSPS) is 10.3. The minimum Gasteiger partial charge on any atom is -0.361 e. The molecule has 0 unspecified atom stereocenters. The first-order valence-electron chi connectivity index (χ1n) is 4.38. The summed E-state index contributed by atoms with van der Waals surface area (Å²) in [5, 5.41) is 10.2. The maximum absolute atomic E-state index is 11.6. The molecule has 0 aliphatic rings. The van der Waals surface area contributed by atoms with E-state index in [0.717, 1.165) is 0 Å². The maximum atomic E-state index is 11.6. The zero-order valence-corrected chi connectivity index (χ0v) is 8.39. The van der Waals surface area contributed by atoms with Crippen LogP contribution < -0.4 is 5.32 Å². The van der Waals surface area contributed by atoms with Crippen molar-refractivity contribution in [3.05, 3.63) is 29.9 Å². The Labute approximate surface area is 85.9 Å². The van der Waals surface area contributed by atoms with E-state index in [1.807, 2.05) is 0 Å². The Morgan fingerprint density at radius 1 is 1.60 bits per heavy atom. The summed E-state index contributed by atoms with van der Waals surface area (Å²) in [7, 11) is 1.77. The van der Waals surface area contributed by atoms with Crippen LogP contribution in [0.5, 0.6) is 0 Å². The number of amides is 1. The maximum Gasteiger partial charge on any atom is 0.277 e. The number of anilines is 1. The van der Waals surface area contributed by atoms with E-state index >= 15 is 0 Å². The van der Waals surface area contributed by atoms with Crippen LogP contribution in [0.25, 0.3) is 0 Å². The molecule has 6 heteroatoms. The van der Waals surface area contributed by atoms with E-state index in [2.05, 4.69) is 15.6 Å². The Morgan fingerprint density at radius 2 is 2.40 bits per heavy atom. The second-order valence-corrected chi connectivity index (χ2v) is 3.18. The number of aryl methyl sites for hydroxylation is 2. The number of rotatable bonds is 2. The Balaban J connectivity index is 2.10. The van der Waals surface area contributed by atoms with E-state index in [-0.39, 0.29) is 11.6 Å². The van der Waals surface area contributed by atoms with Gasteiger partial charge in [0.1, 0.15) is 5.76 Å². The molecule has 0 spiro atoms. The molecule has 6 nitrogen and oxygen atoms in total. The second kappa shape index (κ2) is 3.56. The SMILES string of the molecule is Cc1cc(C(=O)Nc2cnn(C)c2)no1. The van der Waals surface area contributed by atoms with Crippen LogP contribution in [0, 0.1) is 6.92 Å². The molecule has 78 valence electrons. The first-order valence-corrected chi connectivity index (χ1v) is 4.38. The Bertz CT molecular complexity index is 486. The fraction of sp³-hybridized carbons (Fsp3) is 0.222. The van der Waals surface area contributed by atoms with Crippen molar-refractivity contribution in [1.82, 2.24) is 14.9 Å². The van der Waals surface area contributed by atoms with Gasteiger partial charge in [-0.1, -0.05) is 5.16 Å². The van der Waals surface area contributed by atoms with Gasteiger partial charge in [-0.05, 0) is 6.92 Å². The third-order valence-corrected chi connectivity index (χ3v) is 1.82. The van der Waals surface area contributed by atoms with Crippen LogP contribution in [0.1, 0.15) is 16.2 Å². The van der Waals surface area contributed by atoms with Crippen molar-refractivity contribution in [2.24, 2.45) is 7.05 Å². The lowest BCUT2D eigenvalue weighted by molar-refractivity contribution is 0.101. The van der Waals surface area contributed by atoms with Crippen molar-refractivity contribution in [3.8, 4) is 0 Å². The molecule has 0 bridgehead atoms. The zero-order valence-electron chi connectivity index (χ0n) is 8.39. The van der Waals surface area contributed by atoms with Gasteiger partial charge in [-0.25, -0.2) is 0 Å². The van der Waals surface area contributed by atoms with Crippen molar-refractivity contribution in [1.29, 1.82) is 0 Å². The lowest BCUT2D eigenvalue weighted by atomic mass is 10.3. The molecular weight excluding hydrogens is 196 g/mol. The van der Waals surface area contributed by atoms with E-state index in [1.165, 1.54) is 0 Å². The van der Waals surface area contributed by atoms with Crippen LogP contribution in [-0.4, -0.2) is 20.8 Å². The second-order valence-electron chi connectivity index (χ2n) is 3.18. The lowest BCUT2D eigenvalue weighted by Gasteiger charge is -1.96. The number of hydrogen-bond donors (Lipinski definition) is 1. The summed E-state index contributed by atoms with van der Waals surface area (Å²) in [6, 6.07) is 1.58. The van der Waals surface area contributed by atoms with Crippen LogP contribution >= 0.6 is 0 Å². The van der Waals surface area contributed by atoms with Crippen LogP contribution in [0.4, 0.5) is 5.69 Å². The largest absolute Gasteiger partial charge is 0.361 e. The number of carbonyl (C=O) groups is 1. The predicted octanol–water partition coefficient (Wildman–Crippen LogP) is 0.969. The molecule has 0 fully saturated rings. The van der Waals surface area contributed by atoms with Gasteiger partial charge in [0.2, 0.25) is 0 Å². The van der Waals surface area contributed by atoms with Gasteiger partial charge < -0.3 is 9.84 Å². The monoisotopic (exact) mass is 206 g/mol. The molecule has 0 atom stereocenters. The van der Waals surface area contributed by atoms with Gasteiger partial charge in [-0.2, -0.15) is 5.10 Å². The lowest BCUT2D eigenvalue weighted by Crippen LogP contribution is -2.11. The summed E-state index contributed by atoms with van der Waals surface area (Å²) >= 11 is 0. The average molecular weight is 206 g/mol. The summed E-state index contributed by atoms with van der Waals surface area (Å²) in [6.45, 7) is 1.73. The first kappa shape index (κ1) is 9.45. The number of carbonyl (C=O) groups excluding carboxylic acids is 1. The summed E-state index contributed by atoms with van der Waals surface area (Å²) in [6.07, 6.45) is 3.26. The molecule has 2 aromatic rings. The van der Waals surface area contributed by atoms with Crippen molar-refractivity contribution in [2.75, 3.05) is 5.32 Å². The number of hydrogen-bond acceptors (Lipinski definition) is 4. The Hall–Kier alpha value is -2.11. The third kappa shape index (κ3) is 2.04. The van der Waals surface area contributed by atoms with Gasteiger partial charge in [-0.15, -0.1) is 0 Å². The van der Waals surface area contributed by atoms with E-state index in [0.29, 0.717) is 11.4 Å². The molecule has 2 heterocycles. The summed E-state index contributed by atoms with van der Waals surface area (Å²) in [5.41, 5.74) is 0.888. The van der Waals surface area contributed by atoms with Crippen molar-refractivity contribution >= 4 is 11.6 Å². The first-order chi connectivity index (χ1) is 7.15. The highest BCUT2D eigenvalue weighted by Crippen LogP contribution is 2.07. The minimum absolute atomic E-state index is 0.261. The highest BCUT2D eigenvalue weighted by atomic mass is 16.5. The molecule has 0 aliphatic carbocycles. The quantitative estimate of drug-likeness (QED) is 0.794. The highest BCUT2D eigenvalue weighted by Gasteiger charge is 2.11. The van der Waals surface area contributed by atoms with Crippen molar-refractivity contribution in [2.45, 2.75) is 6.92 Å². The fourth-order valence-electron chi connectivity index (χ4n) is 1.15. The van der Waals surface area contributed by atoms with Crippen LogP contribution in [0.3, 0.4) is 0 Å². The highest BCUT2D eigenvalue weighted by molar-refractivity contribution is 6.02. The van der Waals surface area contributed by atoms with Crippen LogP contribution in [0.15, 0.2) is 23.0 Å². The molecule has 1 N–H and O–H groups in total. The van der Waals surface area contributed by atoms with Gasteiger partial charge in [0, 0.05) is 19.3 Å². The molecule has 0 saturated carbocycles. The molecular formula is C9H10N4O2. The molecule has 0 saturated heterocycles. The standard InChI is InChI=1S/C9H10N4O2/c1-6-3-8(12-15-6)9(14)11-7-4-10-13(2)5-7/h3-5H,1-2H3,(H,11,14). The fourth-order valence-corrected chi connectivity index (χ4v) is 1.15. The van der Waals surface area contributed by atoms with Gasteiger partial charge >= 0.3 is 0 Å². The van der Waals surface area contributed by atoms with Crippen LogP contribution in [0.2, 0.25) is 0 Å². The molecule has 15 heavy (non-hydrogen) atoms. The van der Waals surface area contributed by atoms with Crippen molar-refractivity contribution in [3.63, 3.8) is 0 Å². The Kier molecular flexibility index (Phi) is 2.24. The molecule has 2 rings (SSSR count). The van der Waals surface area contributed by atoms with E-state index in [4.69, 9.17) is 4.52 Å². The van der Waals surface area contributed by atoms with E-state index in [1.54, 1.807) is 37.1 Å². The summed E-state index contributed by atoms with van der Waals surface area (Å²) < 4.78 is 6.40. The van der Waals surface area contributed by atoms with E-state index in [9.17, 15) is 4.79 Å². The molecule has 0 aliphatic heterocycles. The number of nitrogens with one attached hydrogen (secondary N) is 1. The van der Waals surface area contributed by atoms with E-state index < -0.39 is 0 Å². The smallest absolute Gasteiger partial charge is 0.277 e. The predicted molar refractivity (Wildman–Crippen MR) is 52.4 cm³/mol. The van der Waals surface area contributed by atoms with Crippen LogP contribution in [-0.2, 0) is 7.05 Å². The zero-order chi connectivity index (χ0) is 10.8. The number of aromatic nitrogens is 3. The van der Waals surface area contributed by atoms with Crippen molar-refractivity contribution < 1.29 is 9.32 Å². The number of nitrogens with zero attached hydrogens (tertiary/aromatic N) is 3. The molecule has 0 radical (unpaired) electrons. The molecule has 1 amide bonds. The topological polar surface area (TPSA) is 73.0 Å². The van der Waals surface area contributed by atoms with Gasteiger partial charge in [0.15, 0.2) is 5.69 Å². The average Bonchev–Trinajstić information content (AvgIpc) is 2.75. The Morgan fingerprint density at radius 3 is 2.93 bits per heavy atom.